The van der Waals surface area contributed by atoms with E-state index >= 15 is 0 Å². The van der Waals surface area contributed by atoms with Crippen molar-refractivity contribution in [2.75, 3.05) is 5.32 Å². The summed E-state index contributed by atoms with van der Waals surface area (Å²) < 4.78 is 14.1. The number of nitrogens with one attached hydrogen (secondary N) is 2. The van der Waals surface area contributed by atoms with Crippen LogP contribution < -0.4 is 5.32 Å². The molecule has 0 radical (unpaired) electrons. The maximum Gasteiger partial charge on any atom is 0.237 e. The number of amides is 1. The summed E-state index contributed by atoms with van der Waals surface area (Å²) in [6, 6.07) is 6.49. The van der Waals surface area contributed by atoms with Gasteiger partial charge in [0, 0.05) is 5.56 Å². The summed E-state index contributed by atoms with van der Waals surface area (Å²) in [5, 5.41) is 8.97. The normalized spacial score (nSPS) is 17.1. The number of hydrogen-bond acceptors (Lipinski definition) is 3. The van der Waals surface area contributed by atoms with Crippen LogP contribution in [-0.2, 0) is 10.2 Å². The summed E-state index contributed by atoms with van der Waals surface area (Å²) in [5.74, 6) is -0.267. The Morgan fingerprint density at radius 1 is 1.30 bits per heavy atom. The number of nitrogens with zero attached hydrogens (tertiary/aromatic N) is 2. The van der Waals surface area contributed by atoms with Gasteiger partial charge in [0.05, 0.1) is 5.41 Å². The third kappa shape index (κ3) is 2.07. The Kier molecular flexibility index (Phi) is 3.22. The molecule has 1 aliphatic carbocycles. The molecular weight excluding hydrogens is 259 g/mol. The van der Waals surface area contributed by atoms with Crippen molar-refractivity contribution in [1.29, 1.82) is 0 Å². The lowest BCUT2D eigenvalue weighted by atomic mass is 9.77. The van der Waals surface area contributed by atoms with Crippen molar-refractivity contribution in [2.24, 2.45) is 0 Å². The average molecular weight is 274 g/mol. The zero-order valence-corrected chi connectivity index (χ0v) is 10.9. The molecule has 0 spiro atoms. The molecule has 20 heavy (non-hydrogen) atoms. The fraction of sp³-hybridized carbons (Fsp3) is 0.357. The Morgan fingerprint density at radius 3 is 2.70 bits per heavy atom. The van der Waals surface area contributed by atoms with Gasteiger partial charge in [0.25, 0.3) is 0 Å². The van der Waals surface area contributed by atoms with Crippen molar-refractivity contribution in [3.05, 3.63) is 42.0 Å². The Hall–Kier alpha value is -2.24. The number of aromatic nitrogens is 3. The molecule has 0 bridgehead atoms. The molecule has 1 heterocycles. The lowest BCUT2D eigenvalue weighted by Crippen LogP contribution is -2.39. The van der Waals surface area contributed by atoms with Gasteiger partial charge in [-0.2, -0.15) is 10.1 Å². The zero-order chi connectivity index (χ0) is 14.0. The van der Waals surface area contributed by atoms with E-state index in [1.54, 1.807) is 18.2 Å². The molecule has 1 saturated carbocycles. The second-order valence-corrected chi connectivity index (χ2v) is 5.06. The van der Waals surface area contributed by atoms with Crippen molar-refractivity contribution >= 4 is 11.9 Å². The molecule has 0 atom stereocenters. The molecule has 2 N–H and O–H groups in total. The van der Waals surface area contributed by atoms with Crippen LogP contribution in [-0.4, -0.2) is 21.1 Å². The van der Waals surface area contributed by atoms with Crippen molar-refractivity contribution in [3.8, 4) is 0 Å². The largest absolute Gasteiger partial charge is 0.294 e. The van der Waals surface area contributed by atoms with E-state index in [2.05, 4.69) is 20.5 Å². The van der Waals surface area contributed by atoms with Gasteiger partial charge in [-0.25, -0.2) is 9.49 Å². The number of aromatic amines is 1. The maximum atomic E-state index is 14.1. The summed E-state index contributed by atoms with van der Waals surface area (Å²) >= 11 is 0. The van der Waals surface area contributed by atoms with Gasteiger partial charge in [-0.05, 0) is 18.9 Å². The van der Waals surface area contributed by atoms with Crippen LogP contribution in [0.15, 0.2) is 30.6 Å². The predicted octanol–water partition coefficient (Wildman–Crippen LogP) is 2.39. The van der Waals surface area contributed by atoms with Gasteiger partial charge in [-0.15, -0.1) is 0 Å². The van der Waals surface area contributed by atoms with Crippen LogP contribution in [0, 0.1) is 5.82 Å². The highest BCUT2D eigenvalue weighted by atomic mass is 19.1. The third-order valence-electron chi connectivity index (χ3n) is 3.93. The van der Waals surface area contributed by atoms with Crippen LogP contribution >= 0.6 is 0 Å². The van der Waals surface area contributed by atoms with Crippen LogP contribution in [0.5, 0.6) is 0 Å². The highest BCUT2D eigenvalue weighted by Crippen LogP contribution is 2.42. The van der Waals surface area contributed by atoms with Gasteiger partial charge < -0.3 is 0 Å². The van der Waals surface area contributed by atoms with Crippen LogP contribution in [0.2, 0.25) is 0 Å². The van der Waals surface area contributed by atoms with Gasteiger partial charge in [0.2, 0.25) is 11.9 Å². The lowest BCUT2D eigenvalue weighted by molar-refractivity contribution is -0.121. The Morgan fingerprint density at radius 2 is 2.05 bits per heavy atom. The Bertz CT molecular complexity index is 605. The van der Waals surface area contributed by atoms with Crippen LogP contribution in [0.25, 0.3) is 0 Å². The first-order valence-corrected chi connectivity index (χ1v) is 6.64. The SMILES string of the molecule is O=C(Nc1ncn[nH]1)C1(c2ccccc2F)CCCC1. The number of anilines is 1. The number of carbonyl (C=O) groups is 1. The van der Waals surface area contributed by atoms with E-state index < -0.39 is 5.41 Å². The summed E-state index contributed by atoms with van der Waals surface area (Å²) in [4.78, 5) is 16.5. The second kappa shape index (κ2) is 5.03. The highest BCUT2D eigenvalue weighted by molar-refractivity contribution is 5.98. The monoisotopic (exact) mass is 274 g/mol. The van der Waals surface area contributed by atoms with Crippen LogP contribution in [0.4, 0.5) is 10.3 Å². The molecule has 3 rings (SSSR count). The number of rotatable bonds is 3. The minimum absolute atomic E-state index is 0.225. The first-order valence-electron chi connectivity index (χ1n) is 6.64. The van der Waals surface area contributed by atoms with Crippen molar-refractivity contribution in [3.63, 3.8) is 0 Å². The second-order valence-electron chi connectivity index (χ2n) is 5.06. The molecule has 0 aliphatic heterocycles. The summed E-state index contributed by atoms with van der Waals surface area (Å²) in [7, 11) is 0. The van der Waals surface area contributed by atoms with E-state index in [-0.39, 0.29) is 17.7 Å². The van der Waals surface area contributed by atoms with Crippen molar-refractivity contribution in [2.45, 2.75) is 31.1 Å². The van der Waals surface area contributed by atoms with Gasteiger partial charge in [-0.1, -0.05) is 31.0 Å². The fourth-order valence-electron chi connectivity index (χ4n) is 2.94. The molecule has 1 aromatic carbocycles. The van der Waals surface area contributed by atoms with E-state index in [1.807, 2.05) is 0 Å². The molecule has 2 aromatic rings. The summed E-state index contributed by atoms with van der Waals surface area (Å²) in [6.45, 7) is 0. The van der Waals surface area contributed by atoms with Gasteiger partial charge in [-0.3, -0.25) is 10.1 Å². The standard InChI is InChI=1S/C14H15FN4O/c15-11-6-2-1-5-10(11)14(7-3-4-8-14)12(20)18-13-16-9-17-19-13/h1-2,5-6,9H,3-4,7-8H2,(H2,16,17,18,19,20). The number of H-pyrrole nitrogens is 1. The predicted molar refractivity (Wildman–Crippen MR) is 71.6 cm³/mol. The molecule has 6 heteroatoms. The number of carbonyl (C=O) groups excluding carboxylic acids is 1. The van der Waals surface area contributed by atoms with Crippen LogP contribution in [0.3, 0.4) is 0 Å². The van der Waals surface area contributed by atoms with E-state index in [0.717, 1.165) is 12.8 Å². The molecule has 1 fully saturated rings. The topological polar surface area (TPSA) is 70.7 Å². The minimum atomic E-state index is -0.807. The molecule has 1 aliphatic rings. The number of hydrogen-bond donors (Lipinski definition) is 2. The summed E-state index contributed by atoms with van der Waals surface area (Å²) in [5.41, 5.74) is -0.340. The molecule has 1 amide bonds. The summed E-state index contributed by atoms with van der Waals surface area (Å²) in [6.07, 6.45) is 4.44. The van der Waals surface area contributed by atoms with Gasteiger partial charge in [0.1, 0.15) is 12.1 Å². The molecule has 5 nitrogen and oxygen atoms in total. The number of halogens is 1. The van der Waals surface area contributed by atoms with E-state index in [1.165, 1.54) is 12.4 Å². The molecule has 104 valence electrons. The molecule has 0 unspecified atom stereocenters. The lowest BCUT2D eigenvalue weighted by Gasteiger charge is -2.28. The molecule has 1 aromatic heterocycles. The third-order valence-corrected chi connectivity index (χ3v) is 3.93. The van der Waals surface area contributed by atoms with Gasteiger partial charge in [0.15, 0.2) is 0 Å². The Balaban J connectivity index is 1.96. The van der Waals surface area contributed by atoms with Crippen molar-refractivity contribution < 1.29 is 9.18 Å². The van der Waals surface area contributed by atoms with E-state index in [4.69, 9.17) is 0 Å². The molecular formula is C14H15FN4O. The highest BCUT2D eigenvalue weighted by Gasteiger charge is 2.44. The minimum Gasteiger partial charge on any atom is -0.294 e. The first-order chi connectivity index (χ1) is 9.72. The van der Waals surface area contributed by atoms with Gasteiger partial charge >= 0.3 is 0 Å². The first kappa shape index (κ1) is 12.8. The van der Waals surface area contributed by atoms with E-state index in [0.29, 0.717) is 18.4 Å². The average Bonchev–Trinajstić information content (AvgIpc) is 3.10. The smallest absolute Gasteiger partial charge is 0.237 e. The Labute approximate surface area is 115 Å². The van der Waals surface area contributed by atoms with E-state index in [9.17, 15) is 9.18 Å². The zero-order valence-electron chi connectivity index (χ0n) is 10.9. The van der Waals surface area contributed by atoms with Crippen molar-refractivity contribution in [1.82, 2.24) is 15.2 Å². The quantitative estimate of drug-likeness (QED) is 0.902. The fourth-order valence-corrected chi connectivity index (χ4v) is 2.94. The molecule has 0 saturated heterocycles. The number of benzene rings is 1. The van der Waals surface area contributed by atoms with Crippen LogP contribution in [0.1, 0.15) is 31.2 Å². The maximum absolute atomic E-state index is 14.1.